The van der Waals surface area contributed by atoms with Crippen LogP contribution in [0.5, 0.6) is 5.75 Å². The first-order valence-electron chi connectivity index (χ1n) is 6.69. The summed E-state index contributed by atoms with van der Waals surface area (Å²) in [6, 6.07) is 5.31. The van der Waals surface area contributed by atoms with Gasteiger partial charge in [-0.25, -0.2) is 0 Å². The molecule has 2 rings (SSSR count). The van der Waals surface area contributed by atoms with E-state index in [4.69, 9.17) is 27.9 Å². The molecule has 110 valence electrons. The summed E-state index contributed by atoms with van der Waals surface area (Å²) < 4.78 is 5.55. The van der Waals surface area contributed by atoms with E-state index in [9.17, 15) is 4.79 Å². The standard InChI is InChI=1S/C14H18Cl2N2O2/c1-9(14(19)18-8-10-3-2-6-17-10)20-11-4-5-12(15)13(16)7-11/h4-5,7,9-10,17H,2-3,6,8H2,1H3,(H,18,19). The van der Waals surface area contributed by atoms with E-state index in [0.29, 0.717) is 28.4 Å². The van der Waals surface area contributed by atoms with Gasteiger partial charge in [0.05, 0.1) is 10.0 Å². The lowest BCUT2D eigenvalue weighted by Crippen LogP contribution is -2.42. The Morgan fingerprint density at radius 1 is 1.50 bits per heavy atom. The molecule has 2 atom stereocenters. The van der Waals surface area contributed by atoms with Crippen molar-refractivity contribution in [3.05, 3.63) is 28.2 Å². The number of hydrogen-bond acceptors (Lipinski definition) is 3. The molecule has 1 fully saturated rings. The summed E-state index contributed by atoms with van der Waals surface area (Å²) in [5.41, 5.74) is 0. The van der Waals surface area contributed by atoms with E-state index in [1.807, 2.05) is 0 Å². The third-order valence-electron chi connectivity index (χ3n) is 3.26. The first kappa shape index (κ1) is 15.4. The van der Waals surface area contributed by atoms with Gasteiger partial charge in [-0.3, -0.25) is 4.79 Å². The molecular formula is C14H18Cl2N2O2. The van der Waals surface area contributed by atoms with Gasteiger partial charge in [0.15, 0.2) is 6.10 Å². The third kappa shape index (κ3) is 4.27. The number of hydrogen-bond donors (Lipinski definition) is 2. The highest BCUT2D eigenvalue weighted by Crippen LogP contribution is 2.26. The molecule has 1 aromatic rings. The van der Waals surface area contributed by atoms with Gasteiger partial charge in [-0.2, -0.15) is 0 Å². The minimum Gasteiger partial charge on any atom is -0.481 e. The van der Waals surface area contributed by atoms with Crippen LogP contribution in [0.25, 0.3) is 0 Å². The van der Waals surface area contributed by atoms with Crippen LogP contribution in [-0.2, 0) is 4.79 Å². The lowest BCUT2D eigenvalue weighted by atomic mass is 10.2. The maximum atomic E-state index is 11.9. The molecule has 4 nitrogen and oxygen atoms in total. The largest absolute Gasteiger partial charge is 0.481 e. The van der Waals surface area contributed by atoms with Gasteiger partial charge in [0.2, 0.25) is 0 Å². The summed E-state index contributed by atoms with van der Waals surface area (Å²) >= 11 is 11.7. The summed E-state index contributed by atoms with van der Waals surface area (Å²) in [6.45, 7) is 3.36. The van der Waals surface area contributed by atoms with Crippen molar-refractivity contribution < 1.29 is 9.53 Å². The summed E-state index contributed by atoms with van der Waals surface area (Å²) in [5.74, 6) is 0.394. The number of rotatable bonds is 5. The van der Waals surface area contributed by atoms with Gasteiger partial charge in [-0.15, -0.1) is 0 Å². The van der Waals surface area contributed by atoms with Crippen LogP contribution in [0.15, 0.2) is 18.2 Å². The maximum absolute atomic E-state index is 11.9. The van der Waals surface area contributed by atoms with Crippen molar-refractivity contribution in [2.75, 3.05) is 13.1 Å². The third-order valence-corrected chi connectivity index (χ3v) is 4.00. The van der Waals surface area contributed by atoms with Gasteiger partial charge in [0, 0.05) is 18.7 Å². The molecule has 0 aromatic heterocycles. The second-order valence-corrected chi connectivity index (χ2v) is 5.69. The van der Waals surface area contributed by atoms with E-state index in [2.05, 4.69) is 10.6 Å². The maximum Gasteiger partial charge on any atom is 0.260 e. The van der Waals surface area contributed by atoms with E-state index in [-0.39, 0.29) is 5.91 Å². The highest BCUT2D eigenvalue weighted by Gasteiger charge is 2.18. The summed E-state index contributed by atoms with van der Waals surface area (Å²) in [7, 11) is 0. The molecule has 1 aromatic carbocycles. The predicted octanol–water partition coefficient (Wildman–Crippen LogP) is 2.63. The average Bonchev–Trinajstić information content (AvgIpc) is 2.93. The number of nitrogens with one attached hydrogen (secondary N) is 2. The number of ether oxygens (including phenoxy) is 1. The fourth-order valence-electron chi connectivity index (χ4n) is 2.11. The SMILES string of the molecule is CC(Oc1ccc(Cl)c(Cl)c1)C(=O)NCC1CCCN1. The van der Waals surface area contributed by atoms with Crippen molar-refractivity contribution in [3.8, 4) is 5.75 Å². The minimum atomic E-state index is -0.575. The average molecular weight is 317 g/mol. The Balaban J connectivity index is 1.81. The van der Waals surface area contributed by atoms with Crippen molar-refractivity contribution in [2.45, 2.75) is 31.9 Å². The van der Waals surface area contributed by atoms with Gasteiger partial charge in [-0.05, 0) is 38.4 Å². The fourth-order valence-corrected chi connectivity index (χ4v) is 2.39. The van der Waals surface area contributed by atoms with Crippen molar-refractivity contribution in [1.29, 1.82) is 0 Å². The highest BCUT2D eigenvalue weighted by atomic mass is 35.5. The summed E-state index contributed by atoms with van der Waals surface area (Å²) in [4.78, 5) is 11.9. The van der Waals surface area contributed by atoms with Crippen LogP contribution >= 0.6 is 23.2 Å². The molecule has 2 unspecified atom stereocenters. The van der Waals surface area contributed by atoms with Crippen LogP contribution in [0.4, 0.5) is 0 Å². The first-order valence-corrected chi connectivity index (χ1v) is 7.44. The van der Waals surface area contributed by atoms with E-state index in [1.165, 1.54) is 0 Å². The topological polar surface area (TPSA) is 50.4 Å². The molecular weight excluding hydrogens is 299 g/mol. The number of carbonyl (C=O) groups excluding carboxylic acids is 1. The molecule has 0 saturated carbocycles. The van der Waals surface area contributed by atoms with Gasteiger partial charge in [-0.1, -0.05) is 23.2 Å². The van der Waals surface area contributed by atoms with Crippen LogP contribution in [0.2, 0.25) is 10.0 Å². The Kier molecular flexibility index (Phi) is 5.52. The van der Waals surface area contributed by atoms with Gasteiger partial charge >= 0.3 is 0 Å². The Morgan fingerprint density at radius 3 is 2.95 bits per heavy atom. The molecule has 1 amide bonds. The molecule has 1 aliphatic heterocycles. The van der Waals surface area contributed by atoms with Crippen LogP contribution in [0, 0.1) is 0 Å². The second-order valence-electron chi connectivity index (χ2n) is 4.87. The van der Waals surface area contributed by atoms with E-state index >= 15 is 0 Å². The lowest BCUT2D eigenvalue weighted by molar-refractivity contribution is -0.127. The predicted molar refractivity (Wildman–Crippen MR) is 80.6 cm³/mol. The van der Waals surface area contributed by atoms with E-state index in [1.54, 1.807) is 25.1 Å². The zero-order valence-electron chi connectivity index (χ0n) is 11.3. The molecule has 1 heterocycles. The number of amides is 1. The van der Waals surface area contributed by atoms with E-state index < -0.39 is 6.10 Å². The van der Waals surface area contributed by atoms with Crippen LogP contribution in [-0.4, -0.2) is 31.1 Å². The van der Waals surface area contributed by atoms with Crippen molar-refractivity contribution >= 4 is 29.1 Å². The second kappa shape index (κ2) is 7.16. The molecule has 2 N–H and O–H groups in total. The zero-order valence-corrected chi connectivity index (χ0v) is 12.8. The molecule has 0 bridgehead atoms. The molecule has 6 heteroatoms. The number of halogens is 2. The van der Waals surface area contributed by atoms with Gasteiger partial charge in [0.1, 0.15) is 5.75 Å². The van der Waals surface area contributed by atoms with Crippen LogP contribution in [0.3, 0.4) is 0 Å². The normalized spacial score (nSPS) is 19.6. The molecule has 1 saturated heterocycles. The lowest BCUT2D eigenvalue weighted by Gasteiger charge is -2.17. The molecule has 20 heavy (non-hydrogen) atoms. The Labute approximate surface area is 128 Å². The van der Waals surface area contributed by atoms with Crippen LogP contribution < -0.4 is 15.4 Å². The molecule has 0 aliphatic carbocycles. The summed E-state index contributed by atoms with van der Waals surface area (Å²) in [5, 5.41) is 7.08. The fraction of sp³-hybridized carbons (Fsp3) is 0.500. The molecule has 0 radical (unpaired) electrons. The Hall–Kier alpha value is -0.970. The quantitative estimate of drug-likeness (QED) is 0.878. The van der Waals surface area contributed by atoms with Gasteiger partial charge in [0.25, 0.3) is 5.91 Å². The van der Waals surface area contributed by atoms with Crippen molar-refractivity contribution in [2.24, 2.45) is 0 Å². The Morgan fingerprint density at radius 2 is 2.30 bits per heavy atom. The minimum absolute atomic E-state index is 0.134. The van der Waals surface area contributed by atoms with Crippen molar-refractivity contribution in [3.63, 3.8) is 0 Å². The Bertz CT molecular complexity index is 476. The number of carbonyl (C=O) groups is 1. The first-order chi connectivity index (χ1) is 9.56. The summed E-state index contributed by atoms with van der Waals surface area (Å²) in [6.07, 6.45) is 1.69. The zero-order chi connectivity index (χ0) is 14.5. The molecule has 0 spiro atoms. The number of benzene rings is 1. The van der Waals surface area contributed by atoms with E-state index in [0.717, 1.165) is 19.4 Å². The highest BCUT2D eigenvalue weighted by molar-refractivity contribution is 6.42. The monoisotopic (exact) mass is 316 g/mol. The van der Waals surface area contributed by atoms with Crippen molar-refractivity contribution in [1.82, 2.24) is 10.6 Å². The van der Waals surface area contributed by atoms with Gasteiger partial charge < -0.3 is 15.4 Å². The smallest absolute Gasteiger partial charge is 0.260 e. The molecule has 1 aliphatic rings. The van der Waals surface area contributed by atoms with Crippen LogP contribution in [0.1, 0.15) is 19.8 Å².